The summed E-state index contributed by atoms with van der Waals surface area (Å²) in [7, 11) is -3.52. The van der Waals surface area contributed by atoms with E-state index in [0.717, 1.165) is 24.8 Å². The molecule has 2 aromatic rings. The van der Waals surface area contributed by atoms with Crippen LogP contribution in [-0.2, 0) is 16.4 Å². The average molecular weight is 348 g/mol. The Labute approximate surface area is 143 Å². The van der Waals surface area contributed by atoms with Gasteiger partial charge in [-0.25, -0.2) is 8.42 Å². The van der Waals surface area contributed by atoms with Gasteiger partial charge in [0.2, 0.25) is 10.0 Å². The Hall–Kier alpha value is -1.66. The van der Waals surface area contributed by atoms with Crippen molar-refractivity contribution in [1.82, 2.24) is 9.46 Å². The summed E-state index contributed by atoms with van der Waals surface area (Å²) in [6.45, 7) is 6.64. The maximum absolute atomic E-state index is 13.0. The summed E-state index contributed by atoms with van der Waals surface area (Å²) in [6.07, 6.45) is 2.56. The first-order chi connectivity index (χ1) is 11.4. The second-order valence-corrected chi connectivity index (χ2v) is 8.77. The number of aryl methyl sites for hydroxylation is 1. The number of aromatic nitrogens is 1. The van der Waals surface area contributed by atoms with Gasteiger partial charge in [0, 0.05) is 12.6 Å². The Morgan fingerprint density at radius 3 is 2.58 bits per heavy atom. The first-order valence-electron chi connectivity index (χ1n) is 8.42. The summed E-state index contributed by atoms with van der Waals surface area (Å²) < 4.78 is 32.7. The number of hydrogen-bond donors (Lipinski definition) is 0. The molecule has 0 spiro atoms. The Bertz CT molecular complexity index is 794. The summed E-state index contributed by atoms with van der Waals surface area (Å²) >= 11 is 0. The van der Waals surface area contributed by atoms with Gasteiger partial charge in [0.05, 0.1) is 10.9 Å². The third-order valence-electron chi connectivity index (χ3n) is 4.37. The van der Waals surface area contributed by atoms with Crippen LogP contribution < -0.4 is 0 Å². The van der Waals surface area contributed by atoms with Crippen LogP contribution in [0.2, 0.25) is 0 Å². The van der Waals surface area contributed by atoms with E-state index in [4.69, 9.17) is 4.52 Å². The van der Waals surface area contributed by atoms with Gasteiger partial charge in [0.1, 0.15) is 11.5 Å². The maximum Gasteiger partial charge on any atom is 0.243 e. The molecule has 2 heterocycles. The van der Waals surface area contributed by atoms with Crippen LogP contribution in [0.1, 0.15) is 49.7 Å². The van der Waals surface area contributed by atoms with E-state index in [1.165, 1.54) is 0 Å². The van der Waals surface area contributed by atoms with E-state index in [1.54, 1.807) is 16.4 Å². The van der Waals surface area contributed by atoms with Gasteiger partial charge >= 0.3 is 0 Å². The Morgan fingerprint density at radius 1 is 1.29 bits per heavy atom. The topological polar surface area (TPSA) is 63.4 Å². The molecule has 24 heavy (non-hydrogen) atoms. The molecule has 0 saturated carbocycles. The smallest absolute Gasteiger partial charge is 0.243 e. The Kier molecular flexibility index (Phi) is 4.78. The van der Waals surface area contributed by atoms with Crippen molar-refractivity contribution in [2.45, 2.75) is 51.0 Å². The SMILES string of the molecule is Cc1cc([C@H]2CCCN2S(=O)(=O)c2ccc(CC(C)C)cc2)no1. The fraction of sp³-hybridized carbons (Fsp3) is 0.500. The van der Waals surface area contributed by atoms with Crippen molar-refractivity contribution in [2.75, 3.05) is 6.54 Å². The molecule has 1 aromatic heterocycles. The average Bonchev–Trinajstić information content (AvgIpc) is 3.15. The zero-order valence-corrected chi connectivity index (χ0v) is 15.2. The summed E-state index contributed by atoms with van der Waals surface area (Å²) in [4.78, 5) is 0.349. The van der Waals surface area contributed by atoms with Gasteiger partial charge in [0.25, 0.3) is 0 Å². The van der Waals surface area contributed by atoms with Crippen molar-refractivity contribution in [2.24, 2.45) is 5.92 Å². The van der Waals surface area contributed by atoms with Crippen LogP contribution in [0, 0.1) is 12.8 Å². The Balaban J connectivity index is 1.86. The summed E-state index contributed by atoms with van der Waals surface area (Å²) in [5.74, 6) is 1.25. The molecule has 0 bridgehead atoms. The van der Waals surface area contributed by atoms with E-state index in [2.05, 4.69) is 19.0 Å². The second kappa shape index (κ2) is 6.69. The quantitative estimate of drug-likeness (QED) is 0.826. The molecule has 0 amide bonds. The zero-order valence-electron chi connectivity index (χ0n) is 14.4. The van der Waals surface area contributed by atoms with Crippen LogP contribution in [0.25, 0.3) is 0 Å². The fourth-order valence-corrected chi connectivity index (χ4v) is 4.94. The van der Waals surface area contributed by atoms with E-state index in [0.29, 0.717) is 28.8 Å². The molecule has 0 aliphatic carbocycles. The van der Waals surface area contributed by atoms with Crippen molar-refractivity contribution in [3.8, 4) is 0 Å². The Morgan fingerprint density at radius 2 is 2.00 bits per heavy atom. The van der Waals surface area contributed by atoms with Crippen LogP contribution in [0.15, 0.2) is 39.8 Å². The monoisotopic (exact) mass is 348 g/mol. The minimum Gasteiger partial charge on any atom is -0.361 e. The van der Waals surface area contributed by atoms with E-state index < -0.39 is 10.0 Å². The predicted octanol–water partition coefficient (Wildman–Crippen LogP) is 3.71. The van der Waals surface area contributed by atoms with Crippen molar-refractivity contribution >= 4 is 10.0 Å². The van der Waals surface area contributed by atoms with Crippen LogP contribution in [0.3, 0.4) is 0 Å². The maximum atomic E-state index is 13.0. The lowest BCUT2D eigenvalue weighted by Gasteiger charge is -2.22. The molecule has 5 nitrogen and oxygen atoms in total. The van der Waals surface area contributed by atoms with Gasteiger partial charge in [-0.15, -0.1) is 0 Å². The van der Waals surface area contributed by atoms with Crippen LogP contribution in [-0.4, -0.2) is 24.4 Å². The third-order valence-corrected chi connectivity index (χ3v) is 6.29. The second-order valence-electron chi connectivity index (χ2n) is 6.88. The minimum atomic E-state index is -3.52. The first-order valence-corrected chi connectivity index (χ1v) is 9.86. The molecule has 0 radical (unpaired) electrons. The molecule has 1 fully saturated rings. The first kappa shape index (κ1) is 17.2. The van der Waals surface area contributed by atoms with Crippen molar-refractivity contribution in [3.63, 3.8) is 0 Å². The summed E-state index contributed by atoms with van der Waals surface area (Å²) in [5.41, 5.74) is 1.86. The lowest BCUT2D eigenvalue weighted by molar-refractivity contribution is 0.349. The van der Waals surface area contributed by atoms with Gasteiger partial charge in [-0.05, 0) is 49.8 Å². The van der Waals surface area contributed by atoms with Gasteiger partial charge in [-0.2, -0.15) is 4.31 Å². The molecule has 6 heteroatoms. The number of sulfonamides is 1. The van der Waals surface area contributed by atoms with Crippen molar-refractivity contribution in [3.05, 3.63) is 47.3 Å². The van der Waals surface area contributed by atoms with E-state index >= 15 is 0 Å². The molecule has 0 N–H and O–H groups in total. The fourth-order valence-electron chi connectivity index (χ4n) is 3.27. The third kappa shape index (κ3) is 3.39. The molecule has 130 valence electrons. The number of rotatable bonds is 5. The highest BCUT2D eigenvalue weighted by atomic mass is 32.2. The molecule has 0 unspecified atom stereocenters. The molecule has 1 atom stereocenters. The van der Waals surface area contributed by atoms with Gasteiger partial charge in [0.15, 0.2) is 0 Å². The molecular formula is C18H24N2O3S. The number of benzene rings is 1. The standard InChI is InChI=1S/C18H24N2O3S/c1-13(2)11-15-6-8-16(9-7-15)24(21,22)20-10-4-5-18(20)17-12-14(3)23-19-17/h6-9,12-13,18H,4-5,10-11H2,1-3H3/t18-/m1/s1. The van der Waals surface area contributed by atoms with Crippen molar-refractivity contribution in [1.29, 1.82) is 0 Å². The van der Waals surface area contributed by atoms with E-state index in [9.17, 15) is 8.42 Å². The van der Waals surface area contributed by atoms with Gasteiger partial charge < -0.3 is 4.52 Å². The summed E-state index contributed by atoms with van der Waals surface area (Å²) in [5, 5.41) is 4.02. The highest BCUT2D eigenvalue weighted by Gasteiger charge is 2.37. The molecule has 1 aliphatic rings. The van der Waals surface area contributed by atoms with Crippen molar-refractivity contribution < 1.29 is 12.9 Å². The molecule has 1 aromatic carbocycles. The van der Waals surface area contributed by atoms with Gasteiger partial charge in [-0.1, -0.05) is 31.1 Å². The largest absolute Gasteiger partial charge is 0.361 e. The highest BCUT2D eigenvalue weighted by Crippen LogP contribution is 2.36. The van der Waals surface area contributed by atoms with Crippen LogP contribution in [0.5, 0.6) is 0 Å². The molecular weight excluding hydrogens is 324 g/mol. The molecule has 3 rings (SSSR count). The van der Waals surface area contributed by atoms with Crippen LogP contribution in [0.4, 0.5) is 0 Å². The minimum absolute atomic E-state index is 0.234. The molecule has 1 aliphatic heterocycles. The predicted molar refractivity (Wildman–Crippen MR) is 92.1 cm³/mol. The number of nitrogens with zero attached hydrogens (tertiary/aromatic N) is 2. The summed E-state index contributed by atoms with van der Waals surface area (Å²) in [6, 6.07) is 8.86. The lowest BCUT2D eigenvalue weighted by Crippen LogP contribution is -2.30. The van der Waals surface area contributed by atoms with E-state index in [1.807, 2.05) is 25.1 Å². The molecule has 1 saturated heterocycles. The lowest BCUT2D eigenvalue weighted by atomic mass is 10.0. The zero-order chi connectivity index (χ0) is 17.3. The highest BCUT2D eigenvalue weighted by molar-refractivity contribution is 7.89. The van der Waals surface area contributed by atoms with Gasteiger partial charge in [-0.3, -0.25) is 0 Å². The normalized spacial score (nSPS) is 19.2. The van der Waals surface area contributed by atoms with E-state index in [-0.39, 0.29) is 6.04 Å². The number of hydrogen-bond acceptors (Lipinski definition) is 4. The van der Waals surface area contributed by atoms with Crippen LogP contribution >= 0.6 is 0 Å².